The smallest absolute Gasteiger partial charge is 0.213 e. The standard InChI is InChI=1S/C17H16ClN3O/c18-15-4-5-16(14(7-15)8-19)20-9-13-3-6-17(21-10-13)22-11-12-1-2-12/h3-7,10,12,20H,1-2,9,11H2. The predicted molar refractivity (Wildman–Crippen MR) is 85.9 cm³/mol. The highest BCUT2D eigenvalue weighted by molar-refractivity contribution is 6.30. The topological polar surface area (TPSA) is 57.9 Å². The van der Waals surface area contributed by atoms with Crippen LogP contribution in [-0.4, -0.2) is 11.6 Å². The number of ether oxygens (including phenoxy) is 1. The second-order valence-corrected chi connectivity index (χ2v) is 5.85. The second-order valence-electron chi connectivity index (χ2n) is 5.41. The van der Waals surface area contributed by atoms with Crippen molar-refractivity contribution >= 4 is 17.3 Å². The Hall–Kier alpha value is -2.25. The highest BCUT2D eigenvalue weighted by Gasteiger charge is 2.21. The fraction of sp³-hybridized carbons (Fsp3) is 0.294. The van der Waals surface area contributed by atoms with Crippen LogP contribution in [-0.2, 0) is 6.54 Å². The molecule has 0 aliphatic heterocycles. The van der Waals surface area contributed by atoms with E-state index in [1.54, 1.807) is 24.4 Å². The van der Waals surface area contributed by atoms with Gasteiger partial charge in [-0.2, -0.15) is 5.26 Å². The lowest BCUT2D eigenvalue weighted by Gasteiger charge is -2.09. The third-order valence-electron chi connectivity index (χ3n) is 3.55. The lowest BCUT2D eigenvalue weighted by molar-refractivity contribution is 0.288. The fourth-order valence-corrected chi connectivity index (χ4v) is 2.22. The molecule has 1 N–H and O–H groups in total. The van der Waals surface area contributed by atoms with Crippen molar-refractivity contribution in [1.82, 2.24) is 4.98 Å². The maximum Gasteiger partial charge on any atom is 0.213 e. The number of nitriles is 1. The van der Waals surface area contributed by atoms with Crippen molar-refractivity contribution in [3.63, 3.8) is 0 Å². The van der Waals surface area contributed by atoms with Crippen molar-refractivity contribution in [1.29, 1.82) is 5.26 Å². The number of nitrogens with one attached hydrogen (secondary N) is 1. The number of nitrogens with zero attached hydrogens (tertiary/aromatic N) is 2. The summed E-state index contributed by atoms with van der Waals surface area (Å²) in [5.41, 5.74) is 2.32. The Morgan fingerprint density at radius 2 is 2.18 bits per heavy atom. The third kappa shape index (κ3) is 3.90. The molecule has 0 bridgehead atoms. The summed E-state index contributed by atoms with van der Waals surface area (Å²) in [5.74, 6) is 1.39. The molecule has 1 aliphatic carbocycles. The van der Waals surface area contributed by atoms with E-state index in [-0.39, 0.29) is 0 Å². The zero-order valence-corrected chi connectivity index (χ0v) is 12.8. The van der Waals surface area contributed by atoms with Gasteiger partial charge < -0.3 is 10.1 Å². The molecule has 1 fully saturated rings. The van der Waals surface area contributed by atoms with E-state index in [2.05, 4.69) is 16.4 Å². The van der Waals surface area contributed by atoms with Gasteiger partial charge in [-0.1, -0.05) is 17.7 Å². The Morgan fingerprint density at radius 3 is 2.86 bits per heavy atom. The highest BCUT2D eigenvalue weighted by atomic mass is 35.5. The van der Waals surface area contributed by atoms with E-state index in [4.69, 9.17) is 21.6 Å². The van der Waals surface area contributed by atoms with E-state index in [0.717, 1.165) is 23.8 Å². The van der Waals surface area contributed by atoms with Crippen LogP contribution in [0.5, 0.6) is 5.88 Å². The van der Waals surface area contributed by atoms with Gasteiger partial charge in [-0.3, -0.25) is 0 Å². The molecule has 0 unspecified atom stereocenters. The fourth-order valence-electron chi connectivity index (χ4n) is 2.05. The third-order valence-corrected chi connectivity index (χ3v) is 3.78. The van der Waals surface area contributed by atoms with Gasteiger partial charge >= 0.3 is 0 Å². The molecule has 0 radical (unpaired) electrons. The molecule has 0 spiro atoms. The molecule has 1 aliphatic rings. The zero-order chi connectivity index (χ0) is 15.4. The summed E-state index contributed by atoms with van der Waals surface area (Å²) in [6.45, 7) is 1.35. The lowest BCUT2D eigenvalue weighted by Crippen LogP contribution is -2.03. The van der Waals surface area contributed by atoms with Gasteiger partial charge in [-0.25, -0.2) is 4.98 Å². The molecule has 0 atom stereocenters. The quantitative estimate of drug-likeness (QED) is 0.875. The molecule has 5 heteroatoms. The molecular formula is C17H16ClN3O. The normalized spacial score (nSPS) is 13.5. The van der Waals surface area contributed by atoms with Gasteiger partial charge in [0.05, 0.1) is 17.9 Å². The number of pyridine rings is 1. The van der Waals surface area contributed by atoms with Crippen molar-refractivity contribution < 1.29 is 4.74 Å². The van der Waals surface area contributed by atoms with E-state index < -0.39 is 0 Å². The van der Waals surface area contributed by atoms with Crippen LogP contribution in [0.3, 0.4) is 0 Å². The Kier molecular flexibility index (Phi) is 4.45. The van der Waals surface area contributed by atoms with Crippen LogP contribution in [0.15, 0.2) is 36.5 Å². The Labute approximate surface area is 134 Å². The van der Waals surface area contributed by atoms with Gasteiger partial charge in [0.25, 0.3) is 0 Å². The Balaban J connectivity index is 1.58. The maximum absolute atomic E-state index is 9.11. The minimum atomic E-state index is 0.532. The first kappa shape index (κ1) is 14.7. The van der Waals surface area contributed by atoms with E-state index in [9.17, 15) is 0 Å². The van der Waals surface area contributed by atoms with Crippen molar-refractivity contribution in [2.45, 2.75) is 19.4 Å². The Morgan fingerprint density at radius 1 is 1.32 bits per heavy atom. The molecule has 0 amide bonds. The molecule has 0 saturated heterocycles. The predicted octanol–water partition coefficient (Wildman–Crippen LogP) is 4.01. The van der Waals surface area contributed by atoms with Gasteiger partial charge in [0.15, 0.2) is 0 Å². The second kappa shape index (κ2) is 6.67. The summed E-state index contributed by atoms with van der Waals surface area (Å²) in [6.07, 6.45) is 4.33. The molecule has 1 saturated carbocycles. The first-order chi connectivity index (χ1) is 10.7. The van der Waals surface area contributed by atoms with Crippen LogP contribution in [0, 0.1) is 17.2 Å². The van der Waals surface area contributed by atoms with Crippen molar-refractivity contribution in [2.24, 2.45) is 5.92 Å². The largest absolute Gasteiger partial charge is 0.477 e. The molecular weight excluding hydrogens is 298 g/mol. The number of hydrogen-bond donors (Lipinski definition) is 1. The monoisotopic (exact) mass is 313 g/mol. The molecule has 4 nitrogen and oxygen atoms in total. The molecule has 112 valence electrons. The lowest BCUT2D eigenvalue weighted by atomic mass is 10.2. The summed E-state index contributed by atoms with van der Waals surface area (Å²) in [4.78, 5) is 4.30. The summed E-state index contributed by atoms with van der Waals surface area (Å²) in [5, 5.41) is 12.9. The molecule has 22 heavy (non-hydrogen) atoms. The number of anilines is 1. The average molecular weight is 314 g/mol. The molecule has 2 aromatic rings. The van der Waals surface area contributed by atoms with Crippen LogP contribution in [0.1, 0.15) is 24.0 Å². The molecule has 1 aromatic carbocycles. The van der Waals surface area contributed by atoms with Gasteiger partial charge in [0, 0.05) is 23.8 Å². The summed E-state index contributed by atoms with van der Waals surface area (Å²) in [6, 6.07) is 11.2. The van der Waals surface area contributed by atoms with Crippen LogP contribution >= 0.6 is 11.6 Å². The number of aromatic nitrogens is 1. The van der Waals surface area contributed by atoms with Gasteiger partial charge in [0.1, 0.15) is 6.07 Å². The van der Waals surface area contributed by atoms with Gasteiger partial charge in [0.2, 0.25) is 5.88 Å². The van der Waals surface area contributed by atoms with Gasteiger partial charge in [-0.05, 0) is 42.5 Å². The zero-order valence-electron chi connectivity index (χ0n) is 12.1. The Bertz CT molecular complexity index is 690. The number of benzene rings is 1. The van der Waals surface area contributed by atoms with Crippen LogP contribution in [0.2, 0.25) is 5.02 Å². The van der Waals surface area contributed by atoms with Crippen molar-refractivity contribution in [2.75, 3.05) is 11.9 Å². The summed E-state index contributed by atoms with van der Waals surface area (Å²) < 4.78 is 5.61. The van der Waals surface area contributed by atoms with Crippen LogP contribution in [0.25, 0.3) is 0 Å². The number of hydrogen-bond acceptors (Lipinski definition) is 4. The summed E-state index contributed by atoms with van der Waals surface area (Å²) in [7, 11) is 0. The van der Waals surface area contributed by atoms with Crippen molar-refractivity contribution in [3.8, 4) is 11.9 Å². The van der Waals surface area contributed by atoms with Crippen LogP contribution < -0.4 is 10.1 Å². The number of halogens is 1. The van der Waals surface area contributed by atoms with E-state index in [0.29, 0.717) is 23.0 Å². The van der Waals surface area contributed by atoms with Gasteiger partial charge in [-0.15, -0.1) is 0 Å². The SMILES string of the molecule is N#Cc1cc(Cl)ccc1NCc1ccc(OCC2CC2)nc1. The van der Waals surface area contributed by atoms with E-state index >= 15 is 0 Å². The summed E-state index contributed by atoms with van der Waals surface area (Å²) >= 11 is 5.88. The van der Waals surface area contributed by atoms with Crippen LogP contribution in [0.4, 0.5) is 5.69 Å². The molecule has 1 heterocycles. The van der Waals surface area contributed by atoms with E-state index in [1.807, 2.05) is 12.1 Å². The minimum absolute atomic E-state index is 0.532. The highest BCUT2D eigenvalue weighted by Crippen LogP contribution is 2.29. The molecule has 1 aromatic heterocycles. The minimum Gasteiger partial charge on any atom is -0.477 e. The first-order valence-electron chi connectivity index (χ1n) is 7.26. The maximum atomic E-state index is 9.11. The average Bonchev–Trinajstić information content (AvgIpc) is 3.37. The first-order valence-corrected chi connectivity index (χ1v) is 7.63. The van der Waals surface area contributed by atoms with E-state index in [1.165, 1.54) is 12.8 Å². The molecule has 3 rings (SSSR count). The van der Waals surface area contributed by atoms with Crippen molar-refractivity contribution in [3.05, 3.63) is 52.7 Å². The number of rotatable bonds is 6.